The van der Waals surface area contributed by atoms with Crippen molar-refractivity contribution >= 4 is 52.1 Å². The zero-order chi connectivity index (χ0) is 23.3. The number of rotatable bonds is 5. The molecule has 0 spiro atoms. The second-order valence-electron chi connectivity index (χ2n) is 7.96. The Bertz CT molecular complexity index is 1430. The Kier molecular flexibility index (Phi) is 5.60. The molecule has 1 fully saturated rings. The van der Waals surface area contributed by atoms with E-state index < -0.39 is 0 Å². The number of carbonyl (C=O) groups is 2. The Labute approximate surface area is 202 Å². The van der Waals surface area contributed by atoms with Crippen molar-refractivity contribution in [3.05, 3.63) is 56.8 Å². The smallest absolute Gasteiger partial charge is 0.278 e. The molecule has 1 aliphatic heterocycles. The number of Topliss-reactive ketones (excluding diaryl/α,β-unsaturated/α-hetero) is 1. The number of nitrogens with one attached hydrogen (secondary N) is 1. The highest BCUT2D eigenvalue weighted by Gasteiger charge is 2.26. The van der Waals surface area contributed by atoms with Crippen molar-refractivity contribution in [1.29, 1.82) is 0 Å². The number of nitrogens with zero attached hydrogens (tertiary/aromatic N) is 4. The summed E-state index contributed by atoms with van der Waals surface area (Å²) in [5, 5.41) is 7.70. The molecular formula is C22H16Cl3N5O3. The normalized spacial score (nSPS) is 15.9. The van der Waals surface area contributed by atoms with Crippen LogP contribution in [0.1, 0.15) is 28.8 Å². The lowest BCUT2D eigenvalue weighted by Crippen LogP contribution is -2.15. The summed E-state index contributed by atoms with van der Waals surface area (Å²) in [6, 6.07) is 4.85. The maximum atomic E-state index is 12.7. The number of benzene rings is 1. The number of fused-ring (bicyclic) bond motifs is 1. The van der Waals surface area contributed by atoms with Crippen LogP contribution in [0.3, 0.4) is 0 Å². The average Bonchev–Trinajstić information content (AvgIpc) is 3.49. The number of carbonyl (C=O) groups excluding carboxylic acids is 2. The van der Waals surface area contributed by atoms with Crippen LogP contribution in [0, 0.1) is 12.8 Å². The Hall–Kier alpha value is -2.94. The summed E-state index contributed by atoms with van der Waals surface area (Å²) in [5.41, 5.74) is 2.71. The number of amides is 1. The van der Waals surface area contributed by atoms with Crippen molar-refractivity contribution in [1.82, 2.24) is 24.8 Å². The Morgan fingerprint density at radius 1 is 1.15 bits per heavy atom. The number of hydrogen-bond donors (Lipinski definition) is 1. The number of halogens is 3. The predicted molar refractivity (Wildman–Crippen MR) is 124 cm³/mol. The van der Waals surface area contributed by atoms with E-state index in [1.807, 2.05) is 19.2 Å². The van der Waals surface area contributed by atoms with Gasteiger partial charge < -0.3 is 14.2 Å². The van der Waals surface area contributed by atoms with Crippen molar-refractivity contribution in [2.75, 3.05) is 6.54 Å². The summed E-state index contributed by atoms with van der Waals surface area (Å²) in [5.74, 6) is 0.111. The number of pyridine rings is 1. The first-order valence-corrected chi connectivity index (χ1v) is 11.2. The van der Waals surface area contributed by atoms with Crippen LogP contribution in [0.2, 0.25) is 15.1 Å². The molecule has 33 heavy (non-hydrogen) atoms. The predicted octanol–water partition coefficient (Wildman–Crippen LogP) is 5.03. The van der Waals surface area contributed by atoms with E-state index in [1.165, 1.54) is 12.1 Å². The zero-order valence-electron chi connectivity index (χ0n) is 17.2. The topological polar surface area (TPSA) is 102 Å². The minimum atomic E-state index is -0.180. The Morgan fingerprint density at radius 3 is 2.73 bits per heavy atom. The van der Waals surface area contributed by atoms with Gasteiger partial charge in [-0.25, -0.2) is 4.98 Å². The lowest BCUT2D eigenvalue weighted by atomic mass is 9.96. The fourth-order valence-corrected chi connectivity index (χ4v) is 4.67. The van der Waals surface area contributed by atoms with Crippen molar-refractivity contribution in [3.63, 3.8) is 0 Å². The fraction of sp³-hybridized carbons (Fsp3) is 0.227. The number of aryl methyl sites for hydroxylation is 1. The molecule has 1 amide bonds. The van der Waals surface area contributed by atoms with Crippen molar-refractivity contribution in [2.45, 2.75) is 19.8 Å². The van der Waals surface area contributed by atoms with Crippen LogP contribution in [0.4, 0.5) is 0 Å². The first kappa shape index (κ1) is 21.9. The summed E-state index contributed by atoms with van der Waals surface area (Å²) >= 11 is 19.1. The standard InChI is InChI=1S/C22H16Cl3N5O3/c1-10-2-16(25)21-27-17(9-30(21)8-10)22-28-20(29-33-22)13-6-14(23)12(5-15(13)24)18(31)3-11-4-19(32)26-7-11/h2,5-6,8-9,11H,3-4,7H2,1H3,(H,26,32). The van der Waals surface area contributed by atoms with Crippen LogP contribution in [0.5, 0.6) is 0 Å². The number of imidazole rings is 1. The molecule has 168 valence electrons. The zero-order valence-corrected chi connectivity index (χ0v) is 19.5. The molecule has 0 radical (unpaired) electrons. The van der Waals surface area contributed by atoms with E-state index in [4.69, 9.17) is 39.3 Å². The molecule has 1 atom stereocenters. The van der Waals surface area contributed by atoms with Crippen LogP contribution in [-0.4, -0.2) is 37.8 Å². The summed E-state index contributed by atoms with van der Waals surface area (Å²) in [7, 11) is 0. The molecule has 5 rings (SSSR count). The van der Waals surface area contributed by atoms with Gasteiger partial charge in [0.25, 0.3) is 5.89 Å². The van der Waals surface area contributed by atoms with Crippen LogP contribution in [0.25, 0.3) is 28.6 Å². The second kappa shape index (κ2) is 8.44. The molecular weight excluding hydrogens is 489 g/mol. The minimum absolute atomic E-state index is 0.0526. The van der Waals surface area contributed by atoms with Gasteiger partial charge in [0.1, 0.15) is 5.69 Å². The lowest BCUT2D eigenvalue weighted by Gasteiger charge is -2.09. The molecule has 1 N–H and O–H groups in total. The molecule has 1 aliphatic rings. The third-order valence-corrected chi connectivity index (χ3v) is 6.33. The molecule has 11 heteroatoms. The van der Waals surface area contributed by atoms with E-state index in [1.54, 1.807) is 10.6 Å². The molecule has 1 aromatic carbocycles. The van der Waals surface area contributed by atoms with E-state index in [0.29, 0.717) is 40.5 Å². The van der Waals surface area contributed by atoms with Gasteiger partial charge in [-0.2, -0.15) is 4.98 Å². The van der Waals surface area contributed by atoms with Crippen molar-refractivity contribution in [2.24, 2.45) is 5.92 Å². The van der Waals surface area contributed by atoms with E-state index >= 15 is 0 Å². The Balaban J connectivity index is 1.42. The van der Waals surface area contributed by atoms with Crippen LogP contribution >= 0.6 is 34.8 Å². The lowest BCUT2D eigenvalue weighted by molar-refractivity contribution is -0.119. The summed E-state index contributed by atoms with van der Waals surface area (Å²) in [6.07, 6.45) is 4.16. The summed E-state index contributed by atoms with van der Waals surface area (Å²) in [6.45, 7) is 2.41. The Morgan fingerprint density at radius 2 is 1.97 bits per heavy atom. The van der Waals surface area contributed by atoms with Gasteiger partial charge in [-0.1, -0.05) is 40.0 Å². The van der Waals surface area contributed by atoms with Gasteiger partial charge in [-0.3, -0.25) is 9.59 Å². The van der Waals surface area contributed by atoms with E-state index in [-0.39, 0.29) is 45.8 Å². The largest absolute Gasteiger partial charge is 0.356 e. The SMILES string of the molecule is Cc1cc(Cl)c2nc(-c3nc(-c4cc(Cl)c(C(=O)CC5CNC(=O)C5)cc4Cl)no3)cn2c1. The quantitative estimate of drug-likeness (QED) is 0.383. The molecule has 1 unspecified atom stereocenters. The highest BCUT2D eigenvalue weighted by atomic mass is 35.5. The molecule has 0 saturated carbocycles. The third kappa shape index (κ3) is 4.21. The number of ketones is 1. The van der Waals surface area contributed by atoms with Gasteiger partial charge in [-0.05, 0) is 36.6 Å². The first-order valence-electron chi connectivity index (χ1n) is 10.1. The average molecular weight is 505 g/mol. The molecule has 8 nitrogen and oxygen atoms in total. The molecule has 0 bridgehead atoms. The summed E-state index contributed by atoms with van der Waals surface area (Å²) in [4.78, 5) is 32.9. The molecule has 4 aromatic rings. The van der Waals surface area contributed by atoms with Gasteiger partial charge in [-0.15, -0.1) is 0 Å². The molecule has 4 heterocycles. The maximum Gasteiger partial charge on any atom is 0.278 e. The molecule has 3 aromatic heterocycles. The highest BCUT2D eigenvalue weighted by Crippen LogP contribution is 2.34. The monoisotopic (exact) mass is 503 g/mol. The maximum absolute atomic E-state index is 12.7. The van der Waals surface area contributed by atoms with E-state index in [0.717, 1.165) is 5.56 Å². The van der Waals surface area contributed by atoms with Crippen LogP contribution in [0.15, 0.2) is 35.1 Å². The fourth-order valence-electron chi connectivity index (χ4n) is 3.84. The van der Waals surface area contributed by atoms with E-state index in [9.17, 15) is 9.59 Å². The minimum Gasteiger partial charge on any atom is -0.356 e. The summed E-state index contributed by atoms with van der Waals surface area (Å²) < 4.78 is 7.17. The number of hydrogen-bond acceptors (Lipinski definition) is 6. The van der Waals surface area contributed by atoms with Gasteiger partial charge in [0, 0.05) is 42.9 Å². The molecule has 0 aliphatic carbocycles. The first-order chi connectivity index (χ1) is 15.8. The number of aromatic nitrogens is 4. The van der Waals surface area contributed by atoms with Crippen molar-refractivity contribution in [3.8, 4) is 23.0 Å². The van der Waals surface area contributed by atoms with Crippen LogP contribution < -0.4 is 5.32 Å². The van der Waals surface area contributed by atoms with Gasteiger partial charge in [0.05, 0.1) is 15.1 Å². The second-order valence-corrected chi connectivity index (χ2v) is 9.18. The van der Waals surface area contributed by atoms with Crippen LogP contribution in [-0.2, 0) is 4.79 Å². The van der Waals surface area contributed by atoms with E-state index in [2.05, 4.69) is 20.4 Å². The van der Waals surface area contributed by atoms with Crippen molar-refractivity contribution < 1.29 is 14.1 Å². The molecule has 1 saturated heterocycles. The third-order valence-electron chi connectivity index (χ3n) is 5.42. The van der Waals surface area contributed by atoms with Gasteiger partial charge >= 0.3 is 0 Å². The van der Waals surface area contributed by atoms with Gasteiger partial charge in [0.2, 0.25) is 11.7 Å². The highest BCUT2D eigenvalue weighted by molar-refractivity contribution is 6.37. The van der Waals surface area contributed by atoms with Gasteiger partial charge in [0.15, 0.2) is 11.4 Å².